The predicted molar refractivity (Wildman–Crippen MR) is 104 cm³/mol. The van der Waals surface area contributed by atoms with Crippen LogP contribution in [0.5, 0.6) is 0 Å². The van der Waals surface area contributed by atoms with Crippen molar-refractivity contribution in [1.82, 2.24) is 14.4 Å². The molecule has 1 aromatic heterocycles. The van der Waals surface area contributed by atoms with E-state index < -0.39 is 5.54 Å². The molecule has 0 N–H and O–H groups in total. The number of allylic oxidation sites excluding steroid dienone is 2. The number of aliphatic imine (C=N–C) groups is 1. The van der Waals surface area contributed by atoms with Gasteiger partial charge in [-0.2, -0.15) is 4.99 Å². The van der Waals surface area contributed by atoms with Gasteiger partial charge in [-0.05, 0) is 49.6 Å². The van der Waals surface area contributed by atoms with Crippen LogP contribution in [0.15, 0.2) is 47.2 Å². The Kier molecular flexibility index (Phi) is 4.09. The van der Waals surface area contributed by atoms with E-state index in [0.717, 1.165) is 17.8 Å². The van der Waals surface area contributed by atoms with Crippen molar-refractivity contribution in [2.24, 2.45) is 10.9 Å². The summed E-state index contributed by atoms with van der Waals surface area (Å²) < 4.78 is 2.22. The first-order valence-corrected chi connectivity index (χ1v) is 9.55. The summed E-state index contributed by atoms with van der Waals surface area (Å²) in [5, 5.41) is 0. The fourth-order valence-electron chi connectivity index (χ4n) is 4.47. The van der Waals surface area contributed by atoms with Crippen LogP contribution in [0.2, 0.25) is 0 Å². The van der Waals surface area contributed by atoms with Gasteiger partial charge >= 0.3 is 0 Å². The molecule has 4 rings (SSSR count). The Morgan fingerprint density at radius 1 is 1.33 bits per heavy atom. The maximum Gasteiger partial charge on any atom is 0.250 e. The number of hydrogen-bond acceptors (Lipinski definition) is 3. The number of carbonyl (C=O) groups is 2. The molecule has 0 saturated carbocycles. The number of hydrogen-bond donors (Lipinski definition) is 0. The molecule has 0 unspecified atom stereocenters. The van der Waals surface area contributed by atoms with Crippen LogP contribution in [-0.2, 0) is 16.1 Å². The van der Waals surface area contributed by atoms with E-state index in [4.69, 9.17) is 0 Å². The van der Waals surface area contributed by atoms with E-state index in [2.05, 4.69) is 35.7 Å². The van der Waals surface area contributed by atoms with E-state index in [-0.39, 0.29) is 30.2 Å². The molecule has 2 amide bonds. The van der Waals surface area contributed by atoms with Crippen LogP contribution < -0.4 is 0 Å². The smallest absolute Gasteiger partial charge is 0.250 e. The Morgan fingerprint density at radius 2 is 2.11 bits per heavy atom. The van der Waals surface area contributed by atoms with Crippen molar-refractivity contribution in [3.05, 3.63) is 47.9 Å². The molecule has 0 aliphatic carbocycles. The third-order valence-corrected chi connectivity index (χ3v) is 5.79. The summed E-state index contributed by atoms with van der Waals surface area (Å²) in [5.41, 5.74) is 1.23. The second-order valence-corrected chi connectivity index (χ2v) is 8.20. The minimum absolute atomic E-state index is 0.00143. The first-order chi connectivity index (χ1) is 12.8. The van der Waals surface area contributed by atoms with Crippen molar-refractivity contribution in [3.63, 3.8) is 0 Å². The van der Waals surface area contributed by atoms with E-state index in [1.165, 1.54) is 0 Å². The molecular weight excluding hydrogens is 340 g/mol. The SMILES string of the molecule is CC1=CC2=NC(=O)C[C@@](C)(C(=O)N3CCn4cccc4[C@@H]3C(C)C)N2C=C1. The molecule has 6 heteroatoms. The van der Waals surface area contributed by atoms with E-state index >= 15 is 0 Å². The highest BCUT2D eigenvalue weighted by Gasteiger charge is 2.49. The zero-order valence-corrected chi connectivity index (χ0v) is 16.3. The number of aromatic nitrogens is 1. The number of nitrogens with zero attached hydrogens (tertiary/aromatic N) is 4. The van der Waals surface area contributed by atoms with Crippen molar-refractivity contribution in [3.8, 4) is 0 Å². The average molecular weight is 366 g/mol. The van der Waals surface area contributed by atoms with Crippen LogP contribution in [0.3, 0.4) is 0 Å². The highest BCUT2D eigenvalue weighted by molar-refractivity contribution is 6.10. The maximum absolute atomic E-state index is 13.8. The van der Waals surface area contributed by atoms with E-state index in [0.29, 0.717) is 12.4 Å². The monoisotopic (exact) mass is 366 g/mol. The largest absolute Gasteiger partial charge is 0.348 e. The molecular formula is C21H26N4O2. The molecule has 0 saturated heterocycles. The summed E-state index contributed by atoms with van der Waals surface area (Å²) in [6.45, 7) is 9.53. The average Bonchev–Trinajstić information content (AvgIpc) is 3.07. The first-order valence-electron chi connectivity index (χ1n) is 9.55. The Balaban J connectivity index is 1.73. The van der Waals surface area contributed by atoms with Gasteiger partial charge in [0, 0.05) is 31.2 Å². The quantitative estimate of drug-likeness (QED) is 0.809. The zero-order chi connectivity index (χ0) is 19.3. The van der Waals surface area contributed by atoms with E-state index in [9.17, 15) is 9.59 Å². The van der Waals surface area contributed by atoms with Crippen molar-refractivity contribution in [2.45, 2.75) is 52.2 Å². The van der Waals surface area contributed by atoms with Crippen LogP contribution in [0.4, 0.5) is 0 Å². The molecule has 27 heavy (non-hydrogen) atoms. The van der Waals surface area contributed by atoms with Gasteiger partial charge in [-0.1, -0.05) is 13.8 Å². The van der Waals surface area contributed by atoms with Crippen LogP contribution in [-0.4, -0.2) is 44.1 Å². The van der Waals surface area contributed by atoms with Crippen molar-refractivity contribution < 1.29 is 9.59 Å². The molecule has 3 aliphatic rings. The highest BCUT2D eigenvalue weighted by atomic mass is 16.2. The van der Waals surface area contributed by atoms with Crippen molar-refractivity contribution in [2.75, 3.05) is 6.54 Å². The minimum atomic E-state index is -0.955. The Hall–Kier alpha value is -2.63. The lowest BCUT2D eigenvalue weighted by Gasteiger charge is -2.48. The lowest BCUT2D eigenvalue weighted by Crippen LogP contribution is -2.62. The Morgan fingerprint density at radius 3 is 2.85 bits per heavy atom. The number of amides is 2. The molecule has 4 heterocycles. The van der Waals surface area contributed by atoms with Crippen LogP contribution in [0.1, 0.15) is 45.9 Å². The number of fused-ring (bicyclic) bond motifs is 2. The predicted octanol–water partition coefficient (Wildman–Crippen LogP) is 2.89. The molecule has 142 valence electrons. The zero-order valence-electron chi connectivity index (χ0n) is 16.3. The fourth-order valence-corrected chi connectivity index (χ4v) is 4.47. The lowest BCUT2D eigenvalue weighted by atomic mass is 9.87. The summed E-state index contributed by atoms with van der Waals surface area (Å²) in [5.74, 6) is 0.589. The van der Waals surface area contributed by atoms with Gasteiger partial charge in [-0.25, -0.2) is 0 Å². The number of amidine groups is 1. The number of carbonyl (C=O) groups excluding carboxylic acids is 2. The molecule has 0 radical (unpaired) electrons. The Labute approximate surface area is 159 Å². The minimum Gasteiger partial charge on any atom is -0.348 e. The van der Waals surface area contributed by atoms with Crippen molar-refractivity contribution in [1.29, 1.82) is 0 Å². The summed E-state index contributed by atoms with van der Waals surface area (Å²) in [6.07, 6.45) is 7.88. The van der Waals surface area contributed by atoms with Crippen LogP contribution in [0.25, 0.3) is 0 Å². The normalized spacial score (nSPS) is 27.3. The summed E-state index contributed by atoms with van der Waals surface area (Å²) in [7, 11) is 0. The Bertz CT molecular complexity index is 892. The molecule has 1 aromatic rings. The second kappa shape index (κ2) is 6.22. The molecule has 0 spiro atoms. The molecule has 6 nitrogen and oxygen atoms in total. The van der Waals surface area contributed by atoms with Gasteiger partial charge in [0.1, 0.15) is 11.4 Å². The molecule has 2 atom stereocenters. The molecule has 0 aromatic carbocycles. The van der Waals surface area contributed by atoms with Crippen LogP contribution in [0, 0.1) is 5.92 Å². The summed E-state index contributed by atoms with van der Waals surface area (Å²) in [4.78, 5) is 34.2. The second-order valence-electron chi connectivity index (χ2n) is 8.20. The van der Waals surface area contributed by atoms with Gasteiger partial charge in [0.05, 0.1) is 12.5 Å². The fraction of sp³-hybridized carbons (Fsp3) is 0.476. The molecule has 0 bridgehead atoms. The van der Waals surface area contributed by atoms with Crippen molar-refractivity contribution >= 4 is 17.6 Å². The third-order valence-electron chi connectivity index (χ3n) is 5.79. The summed E-state index contributed by atoms with van der Waals surface area (Å²) in [6, 6.07) is 4.13. The molecule has 3 aliphatic heterocycles. The van der Waals surface area contributed by atoms with Gasteiger partial charge in [0.25, 0.3) is 5.91 Å². The van der Waals surface area contributed by atoms with Gasteiger partial charge in [0.15, 0.2) is 0 Å². The first kappa shape index (κ1) is 17.8. The lowest BCUT2D eigenvalue weighted by molar-refractivity contribution is -0.148. The molecule has 0 fully saturated rings. The van der Waals surface area contributed by atoms with E-state index in [1.807, 2.05) is 48.1 Å². The standard InChI is InChI=1S/C21H26N4O2/c1-14(2)19-16-6-5-8-23(16)10-11-24(19)20(27)21(4)13-18(26)22-17-12-15(3)7-9-25(17)21/h5-9,12,14,19H,10-11,13H2,1-4H3/t19-,21-/m0/s1. The van der Waals surface area contributed by atoms with Gasteiger partial charge in [-0.3, -0.25) is 9.59 Å². The summed E-state index contributed by atoms with van der Waals surface area (Å²) >= 11 is 0. The van der Waals surface area contributed by atoms with E-state index in [1.54, 1.807) is 0 Å². The highest BCUT2D eigenvalue weighted by Crippen LogP contribution is 2.37. The van der Waals surface area contributed by atoms with Gasteiger partial charge < -0.3 is 14.4 Å². The van der Waals surface area contributed by atoms with Crippen LogP contribution >= 0.6 is 0 Å². The maximum atomic E-state index is 13.8. The van der Waals surface area contributed by atoms with Gasteiger partial charge in [-0.15, -0.1) is 0 Å². The van der Waals surface area contributed by atoms with Gasteiger partial charge in [0.2, 0.25) is 5.91 Å². The third kappa shape index (κ3) is 2.74. The number of rotatable bonds is 2. The topological polar surface area (TPSA) is 57.9 Å².